The number of para-hydroxylation sites is 1. The van der Waals surface area contributed by atoms with Crippen molar-refractivity contribution in [2.45, 2.75) is 13.1 Å². The Morgan fingerprint density at radius 3 is 2.32 bits per heavy atom. The molecule has 0 fully saturated rings. The second kappa shape index (κ2) is 5.94. The predicted molar refractivity (Wildman–Crippen MR) is 95.4 cm³/mol. The molecule has 2 amide bonds. The van der Waals surface area contributed by atoms with Crippen molar-refractivity contribution < 1.29 is 9.59 Å². The highest BCUT2D eigenvalue weighted by atomic mass is 16.2. The summed E-state index contributed by atoms with van der Waals surface area (Å²) in [5.74, 6) is -0.602. The maximum absolute atomic E-state index is 13.1. The van der Waals surface area contributed by atoms with Gasteiger partial charge in [-0.2, -0.15) is 0 Å². The Kier molecular flexibility index (Phi) is 3.61. The molecule has 1 aliphatic rings. The summed E-state index contributed by atoms with van der Waals surface area (Å²) in [4.78, 5) is 26.1. The number of amides is 2. The molecule has 124 valence electrons. The lowest BCUT2D eigenvalue weighted by molar-refractivity contribution is 0.0978. The van der Waals surface area contributed by atoms with Crippen molar-refractivity contribution in [3.8, 4) is 0 Å². The zero-order valence-corrected chi connectivity index (χ0v) is 13.6. The van der Waals surface area contributed by atoms with Crippen LogP contribution in [0.1, 0.15) is 32.0 Å². The molecule has 0 spiro atoms. The topological polar surface area (TPSA) is 68.3 Å². The first kappa shape index (κ1) is 15.2. The normalized spacial score (nSPS) is 12.9. The molecule has 2 N–H and O–H groups in total. The quantitative estimate of drug-likeness (QED) is 0.784. The number of hydrogen-bond acceptors (Lipinski definition) is 2. The summed E-state index contributed by atoms with van der Waals surface area (Å²) in [7, 11) is 0. The van der Waals surface area contributed by atoms with Crippen LogP contribution in [-0.2, 0) is 13.1 Å². The summed E-state index contributed by atoms with van der Waals surface area (Å²) in [6.07, 6.45) is 2.03. The van der Waals surface area contributed by atoms with E-state index < -0.39 is 5.91 Å². The third-order valence-corrected chi connectivity index (χ3v) is 4.53. The minimum atomic E-state index is -0.503. The second-order valence-corrected chi connectivity index (χ2v) is 6.09. The van der Waals surface area contributed by atoms with Gasteiger partial charge in [0.05, 0.1) is 6.54 Å². The Morgan fingerprint density at radius 1 is 0.840 bits per heavy atom. The molecule has 3 aromatic rings. The number of hydrogen-bond donors (Lipinski definition) is 1. The van der Waals surface area contributed by atoms with Gasteiger partial charge in [-0.25, -0.2) is 0 Å². The van der Waals surface area contributed by atoms with E-state index in [0.717, 1.165) is 23.5 Å². The molecule has 2 heterocycles. The van der Waals surface area contributed by atoms with Gasteiger partial charge < -0.3 is 15.2 Å². The van der Waals surface area contributed by atoms with Gasteiger partial charge in [0, 0.05) is 35.2 Å². The fourth-order valence-electron chi connectivity index (χ4n) is 3.20. The zero-order chi connectivity index (χ0) is 17.4. The van der Waals surface area contributed by atoms with Gasteiger partial charge in [-0.3, -0.25) is 9.59 Å². The fourth-order valence-corrected chi connectivity index (χ4v) is 3.20. The first-order valence-corrected chi connectivity index (χ1v) is 8.07. The smallest absolute Gasteiger partial charge is 0.258 e. The van der Waals surface area contributed by atoms with Gasteiger partial charge in [0.1, 0.15) is 0 Å². The number of fused-ring (bicyclic) bond motifs is 2. The molecule has 0 aliphatic carbocycles. The van der Waals surface area contributed by atoms with Crippen LogP contribution >= 0.6 is 0 Å². The summed E-state index contributed by atoms with van der Waals surface area (Å²) < 4.78 is 2.16. The largest absolute Gasteiger partial charge is 0.366 e. The third-order valence-electron chi connectivity index (χ3n) is 4.53. The molecule has 0 radical (unpaired) electrons. The molecule has 1 aromatic heterocycles. The molecule has 25 heavy (non-hydrogen) atoms. The third kappa shape index (κ3) is 2.70. The Balaban J connectivity index is 1.75. The van der Waals surface area contributed by atoms with Crippen LogP contribution in [0.25, 0.3) is 0 Å². The van der Waals surface area contributed by atoms with Gasteiger partial charge >= 0.3 is 0 Å². The molecule has 0 atom stereocenters. The SMILES string of the molecule is NC(=O)c1ccc(C(=O)N2Cc3cccn3Cc3ccccc32)cc1. The van der Waals surface area contributed by atoms with Crippen LogP contribution in [0.15, 0.2) is 66.9 Å². The van der Waals surface area contributed by atoms with Gasteiger partial charge in [-0.05, 0) is 48.0 Å². The molecule has 4 rings (SSSR count). The van der Waals surface area contributed by atoms with Crippen molar-refractivity contribution in [2.24, 2.45) is 5.73 Å². The predicted octanol–water partition coefficient (Wildman–Crippen LogP) is 2.80. The van der Waals surface area contributed by atoms with Crippen LogP contribution in [0.5, 0.6) is 0 Å². The van der Waals surface area contributed by atoms with Crippen molar-refractivity contribution in [3.63, 3.8) is 0 Å². The maximum Gasteiger partial charge on any atom is 0.258 e. The van der Waals surface area contributed by atoms with Crippen LogP contribution in [0.2, 0.25) is 0 Å². The number of nitrogens with two attached hydrogens (primary N) is 1. The maximum atomic E-state index is 13.1. The summed E-state index contributed by atoms with van der Waals surface area (Å²) in [5, 5.41) is 0. The van der Waals surface area contributed by atoms with Gasteiger partial charge in [-0.15, -0.1) is 0 Å². The van der Waals surface area contributed by atoms with E-state index in [1.54, 1.807) is 29.2 Å². The van der Waals surface area contributed by atoms with E-state index in [0.29, 0.717) is 17.7 Å². The van der Waals surface area contributed by atoms with Crippen LogP contribution < -0.4 is 10.6 Å². The van der Waals surface area contributed by atoms with Crippen molar-refractivity contribution in [1.29, 1.82) is 0 Å². The molecule has 5 heteroatoms. The number of carbonyl (C=O) groups excluding carboxylic acids is 2. The van der Waals surface area contributed by atoms with Crippen LogP contribution in [0, 0.1) is 0 Å². The number of rotatable bonds is 2. The number of nitrogens with zero attached hydrogens (tertiary/aromatic N) is 2. The van der Waals surface area contributed by atoms with Crippen LogP contribution in [0.3, 0.4) is 0 Å². The lowest BCUT2D eigenvalue weighted by atomic mass is 10.1. The zero-order valence-electron chi connectivity index (χ0n) is 13.6. The van der Waals surface area contributed by atoms with Crippen molar-refractivity contribution in [1.82, 2.24) is 4.57 Å². The minimum Gasteiger partial charge on any atom is -0.366 e. The average Bonchev–Trinajstić information content (AvgIpc) is 3.00. The van der Waals surface area contributed by atoms with E-state index in [4.69, 9.17) is 5.73 Å². The lowest BCUT2D eigenvalue weighted by Crippen LogP contribution is -2.30. The summed E-state index contributed by atoms with van der Waals surface area (Å²) in [6.45, 7) is 1.24. The average molecular weight is 331 g/mol. The van der Waals surface area contributed by atoms with Crippen molar-refractivity contribution in [3.05, 3.63) is 89.2 Å². The van der Waals surface area contributed by atoms with E-state index in [2.05, 4.69) is 4.57 Å². The van der Waals surface area contributed by atoms with E-state index >= 15 is 0 Å². The second-order valence-electron chi connectivity index (χ2n) is 6.09. The molecule has 5 nitrogen and oxygen atoms in total. The molecule has 0 saturated heterocycles. The van der Waals surface area contributed by atoms with E-state index in [9.17, 15) is 9.59 Å². The first-order valence-electron chi connectivity index (χ1n) is 8.07. The van der Waals surface area contributed by atoms with Gasteiger partial charge in [0.25, 0.3) is 5.91 Å². The fraction of sp³-hybridized carbons (Fsp3) is 0.100. The Morgan fingerprint density at radius 2 is 1.56 bits per heavy atom. The van der Waals surface area contributed by atoms with Crippen LogP contribution in [-0.4, -0.2) is 16.4 Å². The van der Waals surface area contributed by atoms with Crippen LogP contribution in [0.4, 0.5) is 5.69 Å². The minimum absolute atomic E-state index is 0.0990. The van der Waals surface area contributed by atoms with Gasteiger partial charge in [-0.1, -0.05) is 18.2 Å². The molecule has 0 unspecified atom stereocenters. The van der Waals surface area contributed by atoms with Crippen molar-refractivity contribution in [2.75, 3.05) is 4.90 Å². The van der Waals surface area contributed by atoms with E-state index in [1.165, 1.54) is 0 Å². The Hall–Kier alpha value is -3.34. The molecule has 0 saturated carbocycles. The van der Waals surface area contributed by atoms with E-state index in [-0.39, 0.29) is 5.91 Å². The monoisotopic (exact) mass is 331 g/mol. The number of benzene rings is 2. The Labute approximate surface area is 145 Å². The summed E-state index contributed by atoms with van der Waals surface area (Å²) in [5.41, 5.74) is 9.28. The standard InChI is InChI=1S/C20H17N3O2/c21-19(24)14-7-9-15(10-8-14)20(25)23-13-17-5-3-11-22(17)12-16-4-1-2-6-18(16)23/h1-11H,12-13H2,(H2,21,24). The molecular weight excluding hydrogens is 314 g/mol. The summed E-state index contributed by atoms with van der Waals surface area (Å²) in [6, 6.07) is 18.4. The summed E-state index contributed by atoms with van der Waals surface area (Å²) >= 11 is 0. The van der Waals surface area contributed by atoms with Crippen molar-refractivity contribution >= 4 is 17.5 Å². The van der Waals surface area contributed by atoms with Gasteiger partial charge in [0.2, 0.25) is 5.91 Å². The Bertz CT molecular complexity index is 957. The van der Waals surface area contributed by atoms with Gasteiger partial charge in [0.15, 0.2) is 0 Å². The molecule has 0 bridgehead atoms. The number of primary amides is 1. The lowest BCUT2D eigenvalue weighted by Gasteiger charge is -2.23. The highest BCUT2D eigenvalue weighted by Gasteiger charge is 2.24. The first-order chi connectivity index (χ1) is 12.1. The highest BCUT2D eigenvalue weighted by Crippen LogP contribution is 2.29. The number of aromatic nitrogens is 1. The molecule has 1 aliphatic heterocycles. The highest BCUT2D eigenvalue weighted by molar-refractivity contribution is 6.07. The molecule has 2 aromatic carbocycles. The molecular formula is C20H17N3O2. The number of anilines is 1. The number of carbonyl (C=O) groups is 2. The van der Waals surface area contributed by atoms with E-state index in [1.807, 2.05) is 42.6 Å².